The molecular formula is C17H23N3O. The van der Waals surface area contributed by atoms with Crippen molar-refractivity contribution in [2.24, 2.45) is 5.41 Å². The first-order chi connectivity index (χ1) is 10.1. The molecule has 112 valence electrons. The summed E-state index contributed by atoms with van der Waals surface area (Å²) in [6, 6.07) is 6.53. The fourth-order valence-electron chi connectivity index (χ4n) is 2.64. The molecule has 0 bridgehead atoms. The number of nitrogens with zero attached hydrogens (tertiary/aromatic N) is 1. The molecule has 0 spiro atoms. The summed E-state index contributed by atoms with van der Waals surface area (Å²) in [5.74, 6) is 0. The van der Waals surface area contributed by atoms with E-state index in [9.17, 15) is 0 Å². The van der Waals surface area contributed by atoms with Crippen molar-refractivity contribution in [1.29, 1.82) is 0 Å². The molecule has 0 radical (unpaired) electrons. The van der Waals surface area contributed by atoms with Gasteiger partial charge in [0.05, 0.1) is 25.1 Å². The van der Waals surface area contributed by atoms with E-state index in [1.54, 1.807) is 0 Å². The van der Waals surface area contributed by atoms with Crippen molar-refractivity contribution in [1.82, 2.24) is 15.5 Å². The second-order valence-electron chi connectivity index (χ2n) is 6.48. The third-order valence-corrected chi connectivity index (χ3v) is 4.28. The van der Waals surface area contributed by atoms with Gasteiger partial charge in [0.2, 0.25) is 0 Å². The van der Waals surface area contributed by atoms with Crippen molar-refractivity contribution in [3.8, 4) is 11.3 Å². The van der Waals surface area contributed by atoms with Crippen molar-refractivity contribution in [3.63, 3.8) is 0 Å². The van der Waals surface area contributed by atoms with Gasteiger partial charge in [0, 0.05) is 29.6 Å². The van der Waals surface area contributed by atoms with Crippen LogP contribution in [0.4, 0.5) is 0 Å². The van der Waals surface area contributed by atoms with Crippen LogP contribution >= 0.6 is 0 Å². The molecule has 21 heavy (non-hydrogen) atoms. The zero-order chi connectivity index (χ0) is 14.9. The highest BCUT2D eigenvalue weighted by atomic mass is 16.5. The Kier molecular flexibility index (Phi) is 3.83. The topological polar surface area (TPSA) is 49.9 Å². The molecule has 1 aliphatic rings. The number of nitrogens with one attached hydrogen (secondary N) is 2. The highest BCUT2D eigenvalue weighted by molar-refractivity contribution is 5.64. The molecule has 0 atom stereocenters. The van der Waals surface area contributed by atoms with Gasteiger partial charge in [0.15, 0.2) is 0 Å². The van der Waals surface area contributed by atoms with Crippen LogP contribution in [-0.2, 0) is 11.3 Å². The van der Waals surface area contributed by atoms with Gasteiger partial charge in [-0.05, 0) is 31.0 Å². The van der Waals surface area contributed by atoms with E-state index < -0.39 is 0 Å². The number of H-pyrrole nitrogens is 1. The van der Waals surface area contributed by atoms with Gasteiger partial charge < -0.3 is 10.1 Å². The first-order valence-corrected chi connectivity index (χ1v) is 7.46. The van der Waals surface area contributed by atoms with E-state index in [2.05, 4.69) is 54.5 Å². The van der Waals surface area contributed by atoms with Crippen molar-refractivity contribution >= 4 is 0 Å². The molecule has 1 aromatic heterocycles. The summed E-state index contributed by atoms with van der Waals surface area (Å²) in [5, 5.41) is 10.9. The molecule has 1 fully saturated rings. The minimum Gasteiger partial charge on any atom is -0.380 e. The quantitative estimate of drug-likeness (QED) is 0.888. The summed E-state index contributed by atoms with van der Waals surface area (Å²) in [5.41, 5.74) is 6.44. The van der Waals surface area contributed by atoms with Gasteiger partial charge in [-0.1, -0.05) is 19.1 Å². The Morgan fingerprint density at radius 3 is 2.76 bits per heavy atom. The minimum atomic E-state index is 0.296. The Bertz CT molecular complexity index is 629. The molecule has 3 rings (SSSR count). The van der Waals surface area contributed by atoms with Crippen molar-refractivity contribution in [2.75, 3.05) is 19.8 Å². The van der Waals surface area contributed by atoms with Crippen LogP contribution in [0.1, 0.15) is 23.6 Å². The number of ether oxygens (including phenoxy) is 1. The molecule has 0 aliphatic carbocycles. The van der Waals surface area contributed by atoms with Crippen molar-refractivity contribution < 1.29 is 4.74 Å². The summed E-state index contributed by atoms with van der Waals surface area (Å²) in [6.07, 6.45) is 1.91. The predicted molar refractivity (Wildman–Crippen MR) is 84.1 cm³/mol. The van der Waals surface area contributed by atoms with E-state index in [-0.39, 0.29) is 0 Å². The smallest absolute Gasteiger partial charge is 0.0695 e. The highest BCUT2D eigenvalue weighted by Gasteiger charge is 2.32. The molecule has 1 saturated heterocycles. The van der Waals surface area contributed by atoms with Crippen LogP contribution in [0.3, 0.4) is 0 Å². The van der Waals surface area contributed by atoms with E-state index in [0.717, 1.165) is 32.0 Å². The van der Waals surface area contributed by atoms with Crippen LogP contribution < -0.4 is 5.32 Å². The lowest BCUT2D eigenvalue weighted by Crippen LogP contribution is -2.47. The monoisotopic (exact) mass is 285 g/mol. The SMILES string of the molecule is Cc1ccc(-c2[nH]ncc2CNCC2(C)COC2)cc1C. The maximum absolute atomic E-state index is 5.28. The fraction of sp³-hybridized carbons (Fsp3) is 0.471. The molecule has 4 nitrogen and oxygen atoms in total. The predicted octanol–water partition coefficient (Wildman–Crippen LogP) is 2.82. The number of hydrogen-bond acceptors (Lipinski definition) is 3. The van der Waals surface area contributed by atoms with E-state index in [1.807, 2.05) is 6.20 Å². The molecule has 1 aromatic carbocycles. The second kappa shape index (κ2) is 5.62. The summed E-state index contributed by atoms with van der Waals surface area (Å²) >= 11 is 0. The van der Waals surface area contributed by atoms with E-state index >= 15 is 0 Å². The number of rotatable bonds is 5. The van der Waals surface area contributed by atoms with Crippen molar-refractivity contribution in [3.05, 3.63) is 41.1 Å². The summed E-state index contributed by atoms with van der Waals surface area (Å²) in [4.78, 5) is 0. The maximum atomic E-state index is 5.28. The fourth-order valence-corrected chi connectivity index (χ4v) is 2.64. The van der Waals surface area contributed by atoms with Crippen LogP contribution in [0.2, 0.25) is 0 Å². The van der Waals surface area contributed by atoms with Gasteiger partial charge in [0.1, 0.15) is 0 Å². The van der Waals surface area contributed by atoms with Crippen molar-refractivity contribution in [2.45, 2.75) is 27.3 Å². The Balaban J connectivity index is 1.69. The van der Waals surface area contributed by atoms with Crippen LogP contribution in [0.15, 0.2) is 24.4 Å². The second-order valence-corrected chi connectivity index (χ2v) is 6.48. The highest BCUT2D eigenvalue weighted by Crippen LogP contribution is 2.26. The zero-order valence-electron chi connectivity index (χ0n) is 13.0. The number of aryl methyl sites for hydroxylation is 2. The third kappa shape index (κ3) is 3.01. The molecule has 4 heteroatoms. The summed E-state index contributed by atoms with van der Waals surface area (Å²) < 4.78 is 5.28. The number of aromatic amines is 1. The Morgan fingerprint density at radius 1 is 1.29 bits per heavy atom. The Morgan fingerprint density at radius 2 is 2.10 bits per heavy atom. The summed E-state index contributed by atoms with van der Waals surface area (Å²) in [7, 11) is 0. The number of aromatic nitrogens is 2. The molecule has 2 N–H and O–H groups in total. The Hall–Kier alpha value is -1.65. The van der Waals surface area contributed by atoms with Gasteiger partial charge in [0.25, 0.3) is 0 Å². The van der Waals surface area contributed by atoms with Gasteiger partial charge in [-0.25, -0.2) is 0 Å². The normalized spacial score (nSPS) is 16.7. The van der Waals surface area contributed by atoms with E-state index in [4.69, 9.17) is 4.74 Å². The first-order valence-electron chi connectivity index (χ1n) is 7.46. The maximum Gasteiger partial charge on any atom is 0.0695 e. The van der Waals surface area contributed by atoms with Crippen LogP contribution in [0.5, 0.6) is 0 Å². The van der Waals surface area contributed by atoms with Crippen LogP contribution in [0, 0.1) is 19.3 Å². The molecule has 0 saturated carbocycles. The van der Waals surface area contributed by atoms with Gasteiger partial charge in [-0.3, -0.25) is 5.10 Å². The number of hydrogen-bond donors (Lipinski definition) is 2. The lowest BCUT2D eigenvalue weighted by atomic mass is 9.89. The zero-order valence-corrected chi connectivity index (χ0v) is 13.0. The lowest BCUT2D eigenvalue weighted by Gasteiger charge is -2.38. The number of benzene rings is 1. The van der Waals surface area contributed by atoms with Crippen LogP contribution in [0.25, 0.3) is 11.3 Å². The molecule has 0 unspecified atom stereocenters. The molecule has 0 amide bonds. The average molecular weight is 285 g/mol. The molecule has 2 heterocycles. The average Bonchev–Trinajstić information content (AvgIpc) is 2.88. The van der Waals surface area contributed by atoms with Gasteiger partial charge in [-0.2, -0.15) is 5.10 Å². The van der Waals surface area contributed by atoms with Gasteiger partial charge >= 0.3 is 0 Å². The molecule has 1 aliphatic heterocycles. The molecule has 2 aromatic rings. The molecular weight excluding hydrogens is 262 g/mol. The van der Waals surface area contributed by atoms with Gasteiger partial charge in [-0.15, -0.1) is 0 Å². The van der Waals surface area contributed by atoms with E-state index in [1.165, 1.54) is 22.3 Å². The van der Waals surface area contributed by atoms with E-state index in [0.29, 0.717) is 5.41 Å². The standard InChI is InChI=1S/C17H23N3O/c1-12-4-5-14(6-13(12)2)16-15(8-19-20-16)7-18-9-17(3)10-21-11-17/h4-6,8,18H,7,9-11H2,1-3H3,(H,19,20). The lowest BCUT2D eigenvalue weighted by molar-refractivity contribution is -0.0991. The minimum absolute atomic E-state index is 0.296. The first kappa shape index (κ1) is 14.3. The largest absolute Gasteiger partial charge is 0.380 e. The van der Waals surface area contributed by atoms with Crippen LogP contribution in [-0.4, -0.2) is 30.0 Å². The third-order valence-electron chi connectivity index (χ3n) is 4.28. The Labute approximate surface area is 125 Å². The summed E-state index contributed by atoms with van der Waals surface area (Å²) in [6.45, 7) is 10.0.